The number of hydrogen-bond acceptors (Lipinski definition) is 3. The minimum atomic E-state index is -0.666. The Hall–Kier alpha value is -2.04. The van der Waals surface area contributed by atoms with Crippen LogP contribution in [0.4, 0.5) is 4.79 Å². The van der Waals surface area contributed by atoms with E-state index < -0.39 is 17.7 Å². The van der Waals surface area contributed by atoms with Crippen LogP contribution in [0.25, 0.3) is 0 Å². The summed E-state index contributed by atoms with van der Waals surface area (Å²) in [5, 5.41) is 5.59. The van der Waals surface area contributed by atoms with E-state index in [2.05, 4.69) is 10.6 Å². The highest BCUT2D eigenvalue weighted by molar-refractivity contribution is 5.86. The van der Waals surface area contributed by atoms with Crippen LogP contribution >= 0.6 is 0 Å². The quantitative estimate of drug-likeness (QED) is 0.846. The van der Waals surface area contributed by atoms with Crippen molar-refractivity contribution >= 4 is 12.0 Å². The standard InChI is InChI=1S/C18H28N2O3/c1-6-13(2)19-16(21)15(12-14-10-8-7-9-11-14)20-17(22)23-18(3,4)5/h7-11,13,15H,6,12H2,1-5H3,(H,19,21)(H,20,22). The zero-order valence-electron chi connectivity index (χ0n) is 14.7. The number of nitrogens with one attached hydrogen (secondary N) is 2. The van der Waals surface area contributed by atoms with Crippen molar-refractivity contribution in [1.82, 2.24) is 10.6 Å². The van der Waals surface area contributed by atoms with E-state index in [1.807, 2.05) is 44.2 Å². The average molecular weight is 320 g/mol. The van der Waals surface area contributed by atoms with Gasteiger partial charge in [0.1, 0.15) is 11.6 Å². The van der Waals surface area contributed by atoms with Gasteiger partial charge in [-0.2, -0.15) is 0 Å². The van der Waals surface area contributed by atoms with Gasteiger partial charge < -0.3 is 15.4 Å². The lowest BCUT2D eigenvalue weighted by atomic mass is 10.0. The van der Waals surface area contributed by atoms with Gasteiger partial charge in [-0.3, -0.25) is 4.79 Å². The molecule has 5 heteroatoms. The first-order chi connectivity index (χ1) is 10.7. The van der Waals surface area contributed by atoms with E-state index in [1.165, 1.54) is 0 Å². The minimum Gasteiger partial charge on any atom is -0.444 e. The van der Waals surface area contributed by atoms with Crippen molar-refractivity contribution in [2.75, 3.05) is 0 Å². The molecule has 2 amide bonds. The molecule has 5 nitrogen and oxygen atoms in total. The van der Waals surface area contributed by atoms with Crippen LogP contribution in [0.3, 0.4) is 0 Å². The van der Waals surface area contributed by atoms with Gasteiger partial charge in [-0.25, -0.2) is 4.79 Å². The van der Waals surface area contributed by atoms with Gasteiger partial charge in [0.25, 0.3) is 0 Å². The number of rotatable bonds is 6. The Kier molecular flexibility index (Phi) is 7.07. The molecule has 0 saturated heterocycles. The molecule has 2 unspecified atom stereocenters. The van der Waals surface area contributed by atoms with Crippen LogP contribution in [-0.2, 0) is 16.0 Å². The van der Waals surface area contributed by atoms with Gasteiger partial charge in [-0.1, -0.05) is 37.3 Å². The molecule has 0 aromatic heterocycles. The van der Waals surface area contributed by atoms with Crippen molar-refractivity contribution in [2.24, 2.45) is 0 Å². The summed E-state index contributed by atoms with van der Waals surface area (Å²) in [6.07, 6.45) is 0.663. The van der Waals surface area contributed by atoms with Crippen molar-refractivity contribution in [2.45, 2.75) is 65.1 Å². The largest absolute Gasteiger partial charge is 0.444 e. The van der Waals surface area contributed by atoms with E-state index in [0.717, 1.165) is 12.0 Å². The van der Waals surface area contributed by atoms with Crippen molar-refractivity contribution < 1.29 is 14.3 Å². The molecule has 23 heavy (non-hydrogen) atoms. The smallest absolute Gasteiger partial charge is 0.408 e. The summed E-state index contributed by atoms with van der Waals surface area (Å²) >= 11 is 0. The molecule has 0 aliphatic heterocycles. The summed E-state index contributed by atoms with van der Waals surface area (Å²) in [4.78, 5) is 24.4. The van der Waals surface area contributed by atoms with E-state index in [9.17, 15) is 9.59 Å². The lowest BCUT2D eigenvalue weighted by molar-refractivity contribution is -0.123. The molecule has 1 aromatic rings. The maximum Gasteiger partial charge on any atom is 0.408 e. The predicted octanol–water partition coefficient (Wildman–Crippen LogP) is 3.04. The van der Waals surface area contributed by atoms with Gasteiger partial charge in [0.15, 0.2) is 0 Å². The Labute approximate surface area is 138 Å². The van der Waals surface area contributed by atoms with Gasteiger partial charge in [-0.15, -0.1) is 0 Å². The molecule has 0 bridgehead atoms. The molecule has 0 saturated carbocycles. The highest BCUT2D eigenvalue weighted by Gasteiger charge is 2.25. The third-order valence-electron chi connectivity index (χ3n) is 3.29. The van der Waals surface area contributed by atoms with Crippen molar-refractivity contribution in [1.29, 1.82) is 0 Å². The van der Waals surface area contributed by atoms with E-state index in [-0.39, 0.29) is 11.9 Å². The van der Waals surface area contributed by atoms with Gasteiger partial charge in [0, 0.05) is 12.5 Å². The summed E-state index contributed by atoms with van der Waals surface area (Å²) in [6, 6.07) is 8.99. The Bertz CT molecular complexity index is 509. The number of ether oxygens (including phenoxy) is 1. The van der Waals surface area contributed by atoms with Gasteiger partial charge >= 0.3 is 6.09 Å². The molecule has 2 atom stereocenters. The summed E-state index contributed by atoms with van der Waals surface area (Å²) < 4.78 is 5.26. The molecule has 0 radical (unpaired) electrons. The number of benzene rings is 1. The molecule has 0 aliphatic carbocycles. The number of carbonyl (C=O) groups is 2. The second kappa shape index (κ2) is 8.56. The maximum absolute atomic E-state index is 12.4. The highest BCUT2D eigenvalue weighted by Crippen LogP contribution is 2.09. The zero-order valence-corrected chi connectivity index (χ0v) is 14.7. The number of carbonyl (C=O) groups excluding carboxylic acids is 2. The fourth-order valence-electron chi connectivity index (χ4n) is 1.95. The molecular weight excluding hydrogens is 292 g/mol. The van der Waals surface area contributed by atoms with Crippen LogP contribution in [0.15, 0.2) is 30.3 Å². The van der Waals surface area contributed by atoms with Crippen LogP contribution in [-0.4, -0.2) is 29.7 Å². The SMILES string of the molecule is CCC(C)NC(=O)C(Cc1ccccc1)NC(=O)OC(C)(C)C. The Morgan fingerprint density at radius 1 is 1.13 bits per heavy atom. The summed E-state index contributed by atoms with van der Waals surface area (Å²) in [5.41, 5.74) is 0.377. The lowest BCUT2D eigenvalue weighted by Gasteiger charge is -2.24. The molecule has 1 rings (SSSR count). The minimum absolute atomic E-state index is 0.0567. The van der Waals surface area contributed by atoms with Crippen molar-refractivity contribution in [3.8, 4) is 0 Å². The van der Waals surface area contributed by atoms with E-state index in [1.54, 1.807) is 20.8 Å². The van der Waals surface area contributed by atoms with E-state index >= 15 is 0 Å². The Morgan fingerprint density at radius 2 is 1.74 bits per heavy atom. The first kappa shape index (κ1) is 19.0. The predicted molar refractivity (Wildman–Crippen MR) is 91.2 cm³/mol. The highest BCUT2D eigenvalue weighted by atomic mass is 16.6. The fourth-order valence-corrected chi connectivity index (χ4v) is 1.95. The van der Waals surface area contributed by atoms with Crippen LogP contribution < -0.4 is 10.6 Å². The molecule has 2 N–H and O–H groups in total. The summed E-state index contributed by atoms with van der Waals surface area (Å²) in [7, 11) is 0. The zero-order chi connectivity index (χ0) is 17.5. The Balaban J connectivity index is 2.79. The molecular formula is C18H28N2O3. The lowest BCUT2D eigenvalue weighted by Crippen LogP contribution is -2.51. The van der Waals surface area contributed by atoms with E-state index in [0.29, 0.717) is 6.42 Å². The Morgan fingerprint density at radius 3 is 2.26 bits per heavy atom. The van der Waals surface area contributed by atoms with Crippen LogP contribution in [0, 0.1) is 0 Å². The maximum atomic E-state index is 12.4. The number of alkyl carbamates (subject to hydrolysis) is 1. The third-order valence-corrected chi connectivity index (χ3v) is 3.29. The van der Waals surface area contributed by atoms with E-state index in [4.69, 9.17) is 4.74 Å². The fraction of sp³-hybridized carbons (Fsp3) is 0.556. The average Bonchev–Trinajstić information content (AvgIpc) is 2.45. The monoisotopic (exact) mass is 320 g/mol. The van der Waals surface area contributed by atoms with Crippen molar-refractivity contribution in [3.05, 3.63) is 35.9 Å². The molecule has 128 valence electrons. The molecule has 1 aromatic carbocycles. The number of hydrogen-bond donors (Lipinski definition) is 2. The van der Waals surface area contributed by atoms with Crippen LogP contribution in [0.2, 0.25) is 0 Å². The molecule has 0 spiro atoms. The van der Waals surface area contributed by atoms with Crippen molar-refractivity contribution in [3.63, 3.8) is 0 Å². The second-order valence-electron chi connectivity index (χ2n) is 6.71. The molecule has 0 aliphatic rings. The second-order valence-corrected chi connectivity index (χ2v) is 6.71. The van der Waals surface area contributed by atoms with Crippen LogP contribution in [0.5, 0.6) is 0 Å². The van der Waals surface area contributed by atoms with Gasteiger partial charge in [0.2, 0.25) is 5.91 Å². The first-order valence-corrected chi connectivity index (χ1v) is 8.05. The number of amides is 2. The first-order valence-electron chi connectivity index (χ1n) is 8.05. The van der Waals surface area contributed by atoms with Gasteiger partial charge in [-0.05, 0) is 39.7 Å². The molecule has 0 heterocycles. The summed E-state index contributed by atoms with van der Waals surface area (Å²) in [6.45, 7) is 9.30. The van der Waals surface area contributed by atoms with Gasteiger partial charge in [0.05, 0.1) is 0 Å². The van der Waals surface area contributed by atoms with Crippen LogP contribution in [0.1, 0.15) is 46.6 Å². The third kappa shape index (κ3) is 7.68. The normalized spacial score (nSPS) is 13.8. The topological polar surface area (TPSA) is 67.4 Å². The molecule has 0 fully saturated rings. The summed E-state index contributed by atoms with van der Waals surface area (Å²) in [5.74, 6) is -0.200.